The van der Waals surface area contributed by atoms with Crippen LogP contribution in [0.2, 0.25) is 0 Å². The minimum atomic E-state index is -4.71. The molecule has 0 unspecified atom stereocenters. The third-order valence-electron chi connectivity index (χ3n) is 3.62. The molecule has 0 bridgehead atoms. The molecule has 1 heterocycles. The Morgan fingerprint density at radius 1 is 1.27 bits per heavy atom. The van der Waals surface area contributed by atoms with Crippen LogP contribution >= 0.6 is 0 Å². The summed E-state index contributed by atoms with van der Waals surface area (Å²) in [5.41, 5.74) is -0.427. The summed E-state index contributed by atoms with van der Waals surface area (Å²) in [4.78, 5) is 12.2. The first-order chi connectivity index (χ1) is 12.2. The first kappa shape index (κ1) is 20.0. The zero-order valence-electron chi connectivity index (χ0n) is 14.9. The van der Waals surface area contributed by atoms with Gasteiger partial charge in [0.1, 0.15) is 0 Å². The quantitative estimate of drug-likeness (QED) is 0.757. The van der Waals surface area contributed by atoms with Gasteiger partial charge in [-0.3, -0.25) is 4.79 Å². The van der Waals surface area contributed by atoms with E-state index in [4.69, 9.17) is 4.74 Å². The molecule has 0 aliphatic rings. The van der Waals surface area contributed by atoms with Gasteiger partial charge in [-0.15, -0.1) is 0 Å². The first-order valence-electron chi connectivity index (χ1n) is 8.32. The Hall–Kier alpha value is -2.35. The van der Waals surface area contributed by atoms with Gasteiger partial charge in [-0.2, -0.15) is 18.3 Å². The maximum Gasteiger partial charge on any atom is 0.434 e. The molecule has 1 aromatic carbocycles. The lowest BCUT2D eigenvalue weighted by atomic mass is 10.2. The van der Waals surface area contributed by atoms with Crippen molar-refractivity contribution < 1.29 is 22.7 Å². The molecule has 0 radical (unpaired) electrons. The lowest BCUT2D eigenvalue weighted by Gasteiger charge is -2.13. The van der Waals surface area contributed by atoms with Gasteiger partial charge in [-0.25, -0.2) is 4.68 Å². The molecule has 0 spiro atoms. The van der Waals surface area contributed by atoms with Crippen molar-refractivity contribution in [3.63, 3.8) is 0 Å². The zero-order valence-corrected chi connectivity index (χ0v) is 14.9. The average Bonchev–Trinajstić information content (AvgIpc) is 3.00. The van der Waals surface area contributed by atoms with E-state index in [9.17, 15) is 18.0 Å². The second kappa shape index (κ2) is 8.35. The number of hydrogen-bond donors (Lipinski definition) is 1. The van der Waals surface area contributed by atoms with Crippen LogP contribution in [0.4, 0.5) is 13.2 Å². The molecule has 0 saturated carbocycles. The summed E-state index contributed by atoms with van der Waals surface area (Å²) in [5, 5.41) is 6.27. The fraction of sp³-hybridized carbons (Fsp3) is 0.444. The third-order valence-corrected chi connectivity index (χ3v) is 3.62. The first-order valence-corrected chi connectivity index (χ1v) is 8.32. The largest absolute Gasteiger partial charge is 0.434 e. The number of rotatable bonds is 7. The number of ether oxygens (including phenoxy) is 1. The van der Waals surface area contributed by atoms with Gasteiger partial charge in [0.2, 0.25) is 0 Å². The van der Waals surface area contributed by atoms with Crippen molar-refractivity contribution >= 4 is 5.91 Å². The second-order valence-corrected chi connectivity index (χ2v) is 6.18. The van der Waals surface area contributed by atoms with Crippen molar-refractivity contribution in [2.75, 3.05) is 13.2 Å². The Morgan fingerprint density at radius 2 is 1.92 bits per heavy atom. The zero-order chi connectivity index (χ0) is 19.3. The number of nitrogens with one attached hydrogen (secondary N) is 1. The summed E-state index contributed by atoms with van der Waals surface area (Å²) in [5.74, 6) is -0.805. The molecule has 5 nitrogen and oxygen atoms in total. The number of nitrogens with zero attached hydrogens (tertiary/aromatic N) is 2. The van der Waals surface area contributed by atoms with Crippen molar-refractivity contribution in [1.29, 1.82) is 0 Å². The molecule has 142 valence electrons. The van der Waals surface area contributed by atoms with Crippen LogP contribution in [0.5, 0.6) is 0 Å². The van der Waals surface area contributed by atoms with E-state index in [2.05, 4.69) is 10.4 Å². The smallest absolute Gasteiger partial charge is 0.379 e. The Bertz CT molecular complexity index is 737. The number of halogens is 3. The number of carbonyl (C=O) groups excluding carboxylic acids is 1. The minimum Gasteiger partial charge on any atom is -0.379 e. The highest BCUT2D eigenvalue weighted by molar-refractivity contribution is 5.95. The van der Waals surface area contributed by atoms with Gasteiger partial charge < -0.3 is 10.1 Å². The summed E-state index contributed by atoms with van der Waals surface area (Å²) in [6.45, 7) is 6.24. The topological polar surface area (TPSA) is 56.2 Å². The maximum atomic E-state index is 13.5. The average molecular weight is 369 g/mol. The molecule has 1 amide bonds. The highest BCUT2D eigenvalue weighted by Crippen LogP contribution is 2.33. The van der Waals surface area contributed by atoms with E-state index in [1.54, 1.807) is 12.1 Å². The van der Waals surface area contributed by atoms with Gasteiger partial charge in [-0.05, 0) is 39.3 Å². The predicted octanol–water partition coefficient (Wildman–Crippen LogP) is 3.74. The monoisotopic (exact) mass is 369 g/mol. The lowest BCUT2D eigenvalue weighted by Crippen LogP contribution is -2.28. The van der Waals surface area contributed by atoms with Crippen LogP contribution in [-0.4, -0.2) is 34.9 Å². The van der Waals surface area contributed by atoms with Crippen molar-refractivity contribution in [2.24, 2.45) is 0 Å². The third kappa shape index (κ3) is 5.08. The van der Waals surface area contributed by atoms with E-state index in [-0.39, 0.29) is 18.3 Å². The fourth-order valence-electron chi connectivity index (χ4n) is 2.36. The summed E-state index contributed by atoms with van der Waals surface area (Å²) in [7, 11) is 0. The van der Waals surface area contributed by atoms with Crippen LogP contribution in [0.3, 0.4) is 0 Å². The summed E-state index contributed by atoms with van der Waals surface area (Å²) in [6.07, 6.45) is -3.19. The molecule has 2 rings (SSSR count). The normalized spacial score (nSPS) is 11.8. The molecule has 1 N–H and O–H groups in total. The SMILES string of the molecule is Cc1ccc(-n2ncc(C(=O)NCCCOC(C)C)c2C(F)(F)F)cc1. The van der Waals surface area contributed by atoms with Gasteiger partial charge in [0.15, 0.2) is 5.69 Å². The lowest BCUT2D eigenvalue weighted by molar-refractivity contribution is -0.143. The number of aromatic nitrogens is 2. The number of alkyl halides is 3. The van der Waals surface area contributed by atoms with Gasteiger partial charge in [0, 0.05) is 13.2 Å². The molecule has 8 heteroatoms. The number of hydrogen-bond acceptors (Lipinski definition) is 3. The molecule has 0 fully saturated rings. The van der Waals surface area contributed by atoms with Crippen molar-refractivity contribution in [2.45, 2.75) is 39.5 Å². The Kier molecular flexibility index (Phi) is 6.42. The van der Waals surface area contributed by atoms with Gasteiger partial charge in [0.05, 0.1) is 23.6 Å². The summed E-state index contributed by atoms with van der Waals surface area (Å²) < 4.78 is 46.7. The molecule has 1 aromatic heterocycles. The summed E-state index contributed by atoms with van der Waals surface area (Å²) >= 11 is 0. The molecule has 0 saturated heterocycles. The van der Waals surface area contributed by atoms with Gasteiger partial charge >= 0.3 is 6.18 Å². The molecule has 26 heavy (non-hydrogen) atoms. The Labute approximate surface area is 150 Å². The molecule has 2 aromatic rings. The Balaban J connectivity index is 2.18. The Morgan fingerprint density at radius 3 is 2.50 bits per heavy atom. The highest BCUT2D eigenvalue weighted by Gasteiger charge is 2.40. The van der Waals surface area contributed by atoms with E-state index in [0.717, 1.165) is 16.4 Å². The van der Waals surface area contributed by atoms with Crippen molar-refractivity contribution in [1.82, 2.24) is 15.1 Å². The molecular formula is C18H22F3N3O2. The van der Waals surface area contributed by atoms with Crippen LogP contribution in [0.15, 0.2) is 30.5 Å². The number of benzene rings is 1. The summed E-state index contributed by atoms with van der Waals surface area (Å²) in [6, 6.07) is 6.43. The number of aryl methyl sites for hydroxylation is 1. The van der Waals surface area contributed by atoms with Crippen LogP contribution in [0.1, 0.15) is 41.9 Å². The van der Waals surface area contributed by atoms with Crippen LogP contribution in [0.25, 0.3) is 5.69 Å². The van der Waals surface area contributed by atoms with E-state index in [0.29, 0.717) is 13.0 Å². The van der Waals surface area contributed by atoms with E-state index in [1.165, 1.54) is 12.1 Å². The molecule has 0 aliphatic carbocycles. The fourth-order valence-corrected chi connectivity index (χ4v) is 2.36. The highest BCUT2D eigenvalue weighted by atomic mass is 19.4. The maximum absolute atomic E-state index is 13.5. The minimum absolute atomic E-state index is 0.0651. The van der Waals surface area contributed by atoms with E-state index >= 15 is 0 Å². The van der Waals surface area contributed by atoms with Crippen molar-refractivity contribution in [3.8, 4) is 5.69 Å². The number of carbonyl (C=O) groups is 1. The molecular weight excluding hydrogens is 347 g/mol. The second-order valence-electron chi connectivity index (χ2n) is 6.18. The molecule has 0 aliphatic heterocycles. The van der Waals surface area contributed by atoms with Gasteiger partial charge in [0.25, 0.3) is 5.91 Å². The van der Waals surface area contributed by atoms with Crippen LogP contribution < -0.4 is 5.32 Å². The van der Waals surface area contributed by atoms with E-state index in [1.807, 2.05) is 20.8 Å². The van der Waals surface area contributed by atoms with Crippen molar-refractivity contribution in [3.05, 3.63) is 47.3 Å². The predicted molar refractivity (Wildman–Crippen MR) is 91.3 cm³/mol. The van der Waals surface area contributed by atoms with Crippen LogP contribution in [-0.2, 0) is 10.9 Å². The van der Waals surface area contributed by atoms with Gasteiger partial charge in [-0.1, -0.05) is 17.7 Å². The van der Waals surface area contributed by atoms with E-state index < -0.39 is 23.3 Å². The van der Waals surface area contributed by atoms with Crippen LogP contribution in [0, 0.1) is 6.92 Å². The molecule has 0 atom stereocenters. The number of amides is 1. The standard InChI is InChI=1S/C18H22F3N3O2/c1-12(2)26-10-4-9-22-17(25)15-11-23-24(16(15)18(19,20)21)14-7-5-13(3)6-8-14/h5-8,11-12H,4,9-10H2,1-3H3,(H,22,25).